The molecule has 0 aliphatic heterocycles. The highest BCUT2D eigenvalue weighted by molar-refractivity contribution is 6.04. The van der Waals surface area contributed by atoms with Crippen LogP contribution in [0.1, 0.15) is 19.4 Å². The maximum atomic E-state index is 11.9. The number of Topliss-reactive ketones (excluding diaryl/α,β-unsaturated/α-hetero) is 1. The second-order valence-electron chi connectivity index (χ2n) is 5.16. The minimum absolute atomic E-state index is 0.132. The smallest absolute Gasteiger partial charge is 0.175 e. The highest BCUT2D eigenvalue weighted by Crippen LogP contribution is 2.23. The molecule has 0 heterocycles. The number of fused-ring (bicyclic) bond motifs is 1. The van der Waals surface area contributed by atoms with Gasteiger partial charge in [-0.1, -0.05) is 32.0 Å². The van der Waals surface area contributed by atoms with Crippen LogP contribution < -0.4 is 4.74 Å². The average Bonchev–Trinajstić information content (AvgIpc) is 2.51. The van der Waals surface area contributed by atoms with E-state index in [4.69, 9.17) is 10.00 Å². The van der Waals surface area contributed by atoms with Crippen LogP contribution in [0.15, 0.2) is 42.0 Å². The predicted octanol–water partition coefficient (Wildman–Crippen LogP) is 3.98. The molecule has 0 bridgehead atoms. The molecule has 0 spiro atoms. The molecule has 2 aromatic rings. The second kappa shape index (κ2) is 6.23. The van der Waals surface area contributed by atoms with Crippen molar-refractivity contribution in [2.24, 2.45) is 5.92 Å². The molecule has 3 nitrogen and oxygen atoms in total. The third-order valence-electron chi connectivity index (χ3n) is 3.29. The van der Waals surface area contributed by atoms with Crippen LogP contribution in [0.2, 0.25) is 0 Å². The Bertz CT molecular complexity index is 751. The van der Waals surface area contributed by atoms with E-state index >= 15 is 0 Å². The Kier molecular flexibility index (Phi) is 4.39. The van der Waals surface area contributed by atoms with Gasteiger partial charge in [-0.25, -0.2) is 0 Å². The minimum atomic E-state index is -0.180. The summed E-state index contributed by atoms with van der Waals surface area (Å²) < 4.78 is 5.19. The van der Waals surface area contributed by atoms with E-state index in [-0.39, 0.29) is 17.3 Å². The van der Waals surface area contributed by atoms with E-state index in [2.05, 4.69) is 0 Å². The lowest BCUT2D eigenvalue weighted by atomic mass is 9.99. The van der Waals surface area contributed by atoms with Crippen molar-refractivity contribution in [2.45, 2.75) is 13.8 Å². The number of nitrogens with zero attached hydrogens (tertiary/aromatic N) is 1. The number of benzene rings is 2. The number of hydrogen-bond donors (Lipinski definition) is 0. The third-order valence-corrected chi connectivity index (χ3v) is 3.29. The summed E-state index contributed by atoms with van der Waals surface area (Å²) in [4.78, 5) is 11.9. The van der Waals surface area contributed by atoms with Crippen molar-refractivity contribution in [1.29, 1.82) is 5.26 Å². The van der Waals surface area contributed by atoms with Gasteiger partial charge in [0.1, 0.15) is 11.8 Å². The van der Waals surface area contributed by atoms with Gasteiger partial charge in [0, 0.05) is 5.92 Å². The van der Waals surface area contributed by atoms with Crippen molar-refractivity contribution in [1.82, 2.24) is 0 Å². The summed E-state index contributed by atoms with van der Waals surface area (Å²) in [5, 5.41) is 11.2. The highest BCUT2D eigenvalue weighted by Gasteiger charge is 2.13. The zero-order valence-corrected chi connectivity index (χ0v) is 12.4. The van der Waals surface area contributed by atoms with Gasteiger partial charge in [-0.2, -0.15) is 5.26 Å². The molecule has 0 fully saturated rings. The van der Waals surface area contributed by atoms with Gasteiger partial charge in [-0.15, -0.1) is 0 Å². The van der Waals surface area contributed by atoms with E-state index in [0.717, 1.165) is 22.1 Å². The van der Waals surface area contributed by atoms with Crippen molar-refractivity contribution in [3.8, 4) is 11.8 Å². The Labute approximate surface area is 124 Å². The molecule has 0 amide bonds. The van der Waals surface area contributed by atoms with Gasteiger partial charge in [0.15, 0.2) is 5.78 Å². The quantitative estimate of drug-likeness (QED) is 0.628. The number of allylic oxidation sites excluding steroid dienone is 1. The van der Waals surface area contributed by atoms with E-state index in [9.17, 15) is 4.79 Å². The van der Waals surface area contributed by atoms with Gasteiger partial charge in [0.05, 0.1) is 12.7 Å². The van der Waals surface area contributed by atoms with Crippen LogP contribution in [-0.2, 0) is 4.79 Å². The summed E-state index contributed by atoms with van der Waals surface area (Å²) >= 11 is 0. The molecule has 0 aromatic heterocycles. The molecule has 2 aromatic carbocycles. The zero-order chi connectivity index (χ0) is 15.4. The maximum Gasteiger partial charge on any atom is 0.175 e. The van der Waals surface area contributed by atoms with Crippen molar-refractivity contribution in [2.75, 3.05) is 7.11 Å². The summed E-state index contributed by atoms with van der Waals surface area (Å²) in [7, 11) is 1.63. The molecule has 106 valence electrons. The van der Waals surface area contributed by atoms with Crippen LogP contribution in [0.25, 0.3) is 16.8 Å². The lowest BCUT2D eigenvalue weighted by molar-refractivity contribution is -0.117. The average molecular weight is 279 g/mol. The topological polar surface area (TPSA) is 50.1 Å². The molecule has 0 unspecified atom stereocenters. The zero-order valence-electron chi connectivity index (χ0n) is 12.4. The molecule has 0 aliphatic carbocycles. The largest absolute Gasteiger partial charge is 0.497 e. The van der Waals surface area contributed by atoms with Crippen molar-refractivity contribution >= 4 is 22.6 Å². The Morgan fingerprint density at radius 1 is 1.19 bits per heavy atom. The SMILES string of the molecule is COc1ccc2cc(C=C(C#N)C(=O)C(C)C)ccc2c1. The molecule has 0 radical (unpaired) electrons. The molecule has 2 rings (SSSR count). The first-order valence-electron chi connectivity index (χ1n) is 6.79. The molecule has 0 saturated heterocycles. The summed E-state index contributed by atoms with van der Waals surface area (Å²) in [6.45, 7) is 3.58. The first-order chi connectivity index (χ1) is 10.0. The van der Waals surface area contributed by atoms with E-state index in [1.165, 1.54) is 0 Å². The summed E-state index contributed by atoms with van der Waals surface area (Å²) in [5.41, 5.74) is 1.04. The van der Waals surface area contributed by atoms with E-state index in [0.29, 0.717) is 0 Å². The molecular weight excluding hydrogens is 262 g/mol. The summed E-state index contributed by atoms with van der Waals surface area (Å²) in [5.74, 6) is 0.492. The van der Waals surface area contributed by atoms with Crippen LogP contribution in [0.3, 0.4) is 0 Å². The Morgan fingerprint density at radius 3 is 2.48 bits per heavy atom. The van der Waals surface area contributed by atoms with Gasteiger partial charge in [-0.3, -0.25) is 4.79 Å². The second-order valence-corrected chi connectivity index (χ2v) is 5.16. The van der Waals surface area contributed by atoms with Crippen molar-refractivity contribution in [3.63, 3.8) is 0 Å². The monoisotopic (exact) mass is 279 g/mol. The van der Waals surface area contributed by atoms with Gasteiger partial charge in [-0.05, 0) is 40.6 Å². The van der Waals surface area contributed by atoms with E-state index < -0.39 is 0 Å². The standard InChI is InChI=1S/C18H17NO2/c1-12(2)18(20)16(11-19)9-13-4-5-15-10-17(21-3)7-6-14(15)8-13/h4-10,12H,1-3H3. The summed E-state index contributed by atoms with van der Waals surface area (Å²) in [6, 6.07) is 13.6. The van der Waals surface area contributed by atoms with Gasteiger partial charge < -0.3 is 4.74 Å². The van der Waals surface area contributed by atoms with Gasteiger partial charge in [0.25, 0.3) is 0 Å². The van der Waals surface area contributed by atoms with E-state index in [1.807, 2.05) is 42.5 Å². The summed E-state index contributed by atoms with van der Waals surface area (Å²) in [6.07, 6.45) is 1.64. The number of methoxy groups -OCH3 is 1. The number of ether oxygens (including phenoxy) is 1. The molecule has 0 saturated carbocycles. The molecule has 0 atom stereocenters. The third kappa shape index (κ3) is 3.29. The van der Waals surface area contributed by atoms with Crippen LogP contribution in [0.5, 0.6) is 5.75 Å². The fourth-order valence-electron chi connectivity index (χ4n) is 2.10. The number of carbonyl (C=O) groups is 1. The van der Waals surface area contributed by atoms with Crippen LogP contribution in [0, 0.1) is 17.2 Å². The van der Waals surface area contributed by atoms with E-state index in [1.54, 1.807) is 27.0 Å². The molecule has 0 N–H and O–H groups in total. The normalized spacial score (nSPS) is 11.5. The molecule has 3 heteroatoms. The molecule has 21 heavy (non-hydrogen) atoms. The number of carbonyl (C=O) groups excluding carboxylic acids is 1. The fourth-order valence-corrected chi connectivity index (χ4v) is 2.10. The Balaban J connectivity index is 2.43. The van der Waals surface area contributed by atoms with Crippen LogP contribution >= 0.6 is 0 Å². The number of rotatable bonds is 4. The molecule has 0 aliphatic rings. The van der Waals surface area contributed by atoms with Crippen LogP contribution in [0.4, 0.5) is 0 Å². The Hall–Kier alpha value is -2.60. The minimum Gasteiger partial charge on any atom is -0.497 e. The van der Waals surface area contributed by atoms with Gasteiger partial charge >= 0.3 is 0 Å². The predicted molar refractivity (Wildman–Crippen MR) is 83.9 cm³/mol. The fraction of sp³-hybridized carbons (Fsp3) is 0.222. The molecular formula is C18H17NO2. The maximum absolute atomic E-state index is 11.9. The van der Waals surface area contributed by atoms with Crippen LogP contribution in [-0.4, -0.2) is 12.9 Å². The Morgan fingerprint density at radius 2 is 1.86 bits per heavy atom. The highest BCUT2D eigenvalue weighted by atomic mass is 16.5. The number of ketones is 1. The lowest BCUT2D eigenvalue weighted by Gasteiger charge is -2.05. The first-order valence-corrected chi connectivity index (χ1v) is 6.79. The van der Waals surface area contributed by atoms with Crippen molar-refractivity contribution in [3.05, 3.63) is 47.5 Å². The van der Waals surface area contributed by atoms with Gasteiger partial charge in [0.2, 0.25) is 0 Å². The van der Waals surface area contributed by atoms with Crippen molar-refractivity contribution < 1.29 is 9.53 Å². The number of nitriles is 1. The first kappa shape index (κ1) is 14.8. The lowest BCUT2D eigenvalue weighted by Crippen LogP contribution is -2.08. The number of hydrogen-bond acceptors (Lipinski definition) is 3.